The van der Waals surface area contributed by atoms with Gasteiger partial charge in [0.25, 0.3) is 0 Å². The van der Waals surface area contributed by atoms with Gasteiger partial charge in [0.1, 0.15) is 10.8 Å². The monoisotopic (exact) mass is 266 g/mol. The van der Waals surface area contributed by atoms with Crippen molar-refractivity contribution in [3.8, 4) is 0 Å². The van der Waals surface area contributed by atoms with Gasteiger partial charge in [0.15, 0.2) is 0 Å². The predicted molar refractivity (Wildman–Crippen MR) is 77.4 cm³/mol. The molecule has 0 radical (unpaired) electrons. The molecule has 1 aromatic carbocycles. The van der Waals surface area contributed by atoms with Gasteiger partial charge in [0, 0.05) is 11.1 Å². The standard InChI is InChI=1S/C14H19FN2S/c1-14(7-3-2-4-8-14)17-12-6-5-10(13(16)18)9-11(12)15/h5-6,9,17H,2-4,7-8H2,1H3,(H2,16,18). The Bertz CT molecular complexity index is 453. The number of hydrogen-bond acceptors (Lipinski definition) is 2. The van der Waals surface area contributed by atoms with Crippen molar-refractivity contribution >= 4 is 22.9 Å². The molecule has 0 aromatic heterocycles. The molecule has 0 amide bonds. The summed E-state index contributed by atoms with van der Waals surface area (Å²) in [5, 5.41) is 3.33. The van der Waals surface area contributed by atoms with E-state index in [1.165, 1.54) is 25.3 Å². The Morgan fingerprint density at radius 1 is 1.33 bits per heavy atom. The molecule has 18 heavy (non-hydrogen) atoms. The first-order valence-electron chi connectivity index (χ1n) is 6.38. The normalized spacial score (nSPS) is 18.3. The highest BCUT2D eigenvalue weighted by Crippen LogP contribution is 2.32. The van der Waals surface area contributed by atoms with Crippen molar-refractivity contribution in [2.75, 3.05) is 5.32 Å². The van der Waals surface area contributed by atoms with Crippen LogP contribution in [-0.4, -0.2) is 10.5 Å². The fourth-order valence-electron chi connectivity index (χ4n) is 2.55. The van der Waals surface area contributed by atoms with Crippen LogP contribution in [0.5, 0.6) is 0 Å². The van der Waals surface area contributed by atoms with Crippen LogP contribution in [0.1, 0.15) is 44.6 Å². The van der Waals surface area contributed by atoms with Gasteiger partial charge >= 0.3 is 0 Å². The Hall–Kier alpha value is -1.16. The summed E-state index contributed by atoms with van der Waals surface area (Å²) in [6, 6.07) is 4.89. The quantitative estimate of drug-likeness (QED) is 0.821. The molecule has 0 heterocycles. The molecular formula is C14H19FN2S. The summed E-state index contributed by atoms with van der Waals surface area (Å²) < 4.78 is 14.0. The van der Waals surface area contributed by atoms with Gasteiger partial charge in [-0.15, -0.1) is 0 Å². The molecule has 1 saturated carbocycles. The molecule has 1 aliphatic carbocycles. The maximum Gasteiger partial charge on any atom is 0.146 e. The summed E-state index contributed by atoms with van der Waals surface area (Å²) >= 11 is 4.84. The van der Waals surface area contributed by atoms with E-state index in [-0.39, 0.29) is 16.3 Å². The second-order valence-electron chi connectivity index (χ2n) is 5.31. The lowest BCUT2D eigenvalue weighted by atomic mass is 9.83. The largest absolute Gasteiger partial charge is 0.389 e. The number of halogens is 1. The lowest BCUT2D eigenvalue weighted by molar-refractivity contribution is 0.348. The molecule has 0 saturated heterocycles. The molecular weight excluding hydrogens is 247 g/mol. The molecule has 2 rings (SSSR count). The van der Waals surface area contributed by atoms with Crippen LogP contribution in [-0.2, 0) is 0 Å². The van der Waals surface area contributed by atoms with Crippen molar-refractivity contribution in [1.29, 1.82) is 0 Å². The van der Waals surface area contributed by atoms with Gasteiger partial charge < -0.3 is 11.1 Å². The Balaban J connectivity index is 2.16. The number of benzene rings is 1. The summed E-state index contributed by atoms with van der Waals surface area (Å²) in [4.78, 5) is 0.226. The first kappa shape index (κ1) is 13.3. The van der Waals surface area contributed by atoms with Crippen molar-refractivity contribution in [2.45, 2.75) is 44.6 Å². The van der Waals surface area contributed by atoms with Crippen molar-refractivity contribution in [1.82, 2.24) is 0 Å². The molecule has 1 fully saturated rings. The van der Waals surface area contributed by atoms with Gasteiger partial charge in [-0.1, -0.05) is 31.5 Å². The van der Waals surface area contributed by atoms with Gasteiger partial charge in [-0.3, -0.25) is 0 Å². The fraction of sp³-hybridized carbons (Fsp3) is 0.500. The minimum absolute atomic E-state index is 0.00380. The topological polar surface area (TPSA) is 38.0 Å². The molecule has 0 spiro atoms. The van der Waals surface area contributed by atoms with Crippen molar-refractivity contribution < 1.29 is 4.39 Å². The summed E-state index contributed by atoms with van der Waals surface area (Å²) in [6.07, 6.45) is 5.86. The molecule has 1 aromatic rings. The molecule has 3 N–H and O–H groups in total. The molecule has 0 atom stereocenters. The molecule has 0 bridgehead atoms. The Kier molecular flexibility index (Phi) is 3.85. The molecule has 0 unspecified atom stereocenters. The molecule has 2 nitrogen and oxygen atoms in total. The number of nitrogens with one attached hydrogen (secondary N) is 1. The SMILES string of the molecule is CC1(Nc2ccc(C(N)=S)cc2F)CCCCC1. The van der Waals surface area contributed by atoms with E-state index < -0.39 is 0 Å². The van der Waals surface area contributed by atoms with Gasteiger partial charge in [0.05, 0.1) is 5.69 Å². The number of rotatable bonds is 3. The third-order valence-electron chi connectivity index (χ3n) is 3.65. The Morgan fingerprint density at radius 2 is 2.00 bits per heavy atom. The van der Waals surface area contributed by atoms with E-state index in [4.69, 9.17) is 18.0 Å². The third kappa shape index (κ3) is 2.99. The first-order chi connectivity index (χ1) is 8.50. The number of anilines is 1. The van der Waals surface area contributed by atoms with Crippen LogP contribution < -0.4 is 11.1 Å². The van der Waals surface area contributed by atoms with Crippen LogP contribution in [0.4, 0.5) is 10.1 Å². The van der Waals surface area contributed by atoms with Gasteiger partial charge in [-0.2, -0.15) is 0 Å². The molecule has 98 valence electrons. The maximum absolute atomic E-state index is 14.0. The fourth-order valence-corrected chi connectivity index (χ4v) is 2.68. The van der Waals surface area contributed by atoms with Crippen LogP contribution in [0.15, 0.2) is 18.2 Å². The molecule has 1 aliphatic rings. The van der Waals surface area contributed by atoms with Crippen LogP contribution in [0, 0.1) is 5.82 Å². The average molecular weight is 266 g/mol. The maximum atomic E-state index is 14.0. The third-order valence-corrected chi connectivity index (χ3v) is 3.88. The summed E-state index contributed by atoms with van der Waals surface area (Å²) in [5.41, 5.74) is 6.60. The first-order valence-corrected chi connectivity index (χ1v) is 6.79. The van der Waals surface area contributed by atoms with Crippen molar-refractivity contribution in [2.24, 2.45) is 5.73 Å². The summed E-state index contributed by atoms with van der Waals surface area (Å²) in [5.74, 6) is -0.285. The van der Waals surface area contributed by atoms with E-state index in [0.717, 1.165) is 12.8 Å². The van der Waals surface area contributed by atoms with Crippen molar-refractivity contribution in [3.05, 3.63) is 29.6 Å². The minimum Gasteiger partial charge on any atom is -0.389 e. The predicted octanol–water partition coefficient (Wildman–Crippen LogP) is 3.59. The van der Waals surface area contributed by atoms with Crippen molar-refractivity contribution in [3.63, 3.8) is 0 Å². The number of nitrogens with two attached hydrogens (primary N) is 1. The number of hydrogen-bond donors (Lipinski definition) is 2. The van der Waals surface area contributed by atoms with Gasteiger partial charge in [0.2, 0.25) is 0 Å². The molecule has 0 aliphatic heterocycles. The average Bonchev–Trinajstić information content (AvgIpc) is 2.32. The highest BCUT2D eigenvalue weighted by Gasteiger charge is 2.27. The zero-order valence-electron chi connectivity index (χ0n) is 10.6. The summed E-state index contributed by atoms with van der Waals surface area (Å²) in [6.45, 7) is 2.16. The van der Waals surface area contributed by atoms with Gasteiger partial charge in [-0.25, -0.2) is 4.39 Å². The lowest BCUT2D eigenvalue weighted by Gasteiger charge is -2.35. The van der Waals surface area contributed by atoms with Crippen LogP contribution >= 0.6 is 12.2 Å². The van der Waals surface area contributed by atoms with E-state index in [9.17, 15) is 4.39 Å². The highest BCUT2D eigenvalue weighted by molar-refractivity contribution is 7.80. The van der Waals surface area contributed by atoms with E-state index >= 15 is 0 Å². The number of thiocarbonyl (C=S) groups is 1. The second-order valence-corrected chi connectivity index (χ2v) is 5.75. The smallest absolute Gasteiger partial charge is 0.146 e. The van der Waals surface area contributed by atoms with Crippen LogP contribution in [0.25, 0.3) is 0 Å². The van der Waals surface area contributed by atoms with E-state index in [1.807, 2.05) is 0 Å². The molecule has 4 heteroatoms. The van der Waals surface area contributed by atoms with E-state index in [1.54, 1.807) is 12.1 Å². The Labute approximate surface area is 113 Å². The zero-order chi connectivity index (χ0) is 13.2. The van der Waals surface area contributed by atoms with Crippen LogP contribution in [0.2, 0.25) is 0 Å². The van der Waals surface area contributed by atoms with E-state index in [0.29, 0.717) is 11.3 Å². The van der Waals surface area contributed by atoms with Crippen LogP contribution in [0.3, 0.4) is 0 Å². The lowest BCUT2D eigenvalue weighted by Crippen LogP contribution is -2.37. The highest BCUT2D eigenvalue weighted by atomic mass is 32.1. The Morgan fingerprint density at radius 3 is 2.56 bits per heavy atom. The second kappa shape index (κ2) is 5.22. The minimum atomic E-state index is -0.285. The van der Waals surface area contributed by atoms with E-state index in [2.05, 4.69) is 12.2 Å². The summed E-state index contributed by atoms with van der Waals surface area (Å²) in [7, 11) is 0. The van der Waals surface area contributed by atoms with Gasteiger partial charge in [-0.05, 0) is 38.0 Å². The zero-order valence-corrected chi connectivity index (χ0v) is 11.4.